The monoisotopic (exact) mass is 372 g/mol. The molecule has 2 rings (SSSR count). The van der Waals surface area contributed by atoms with Crippen molar-refractivity contribution in [3.05, 3.63) is 56.6 Å². The van der Waals surface area contributed by atoms with Gasteiger partial charge in [0.25, 0.3) is 0 Å². The first-order chi connectivity index (χ1) is 8.65. The Morgan fingerprint density at radius 3 is 2.50 bits per heavy atom. The minimum Gasteiger partial charge on any atom is -0.397 e. The Bertz CT molecular complexity index is 526. The minimum absolute atomic E-state index is 0.772. The van der Waals surface area contributed by atoms with Gasteiger partial charge in [-0.15, -0.1) is 0 Å². The van der Waals surface area contributed by atoms with E-state index in [1.807, 2.05) is 42.5 Å². The molecule has 0 amide bonds. The summed E-state index contributed by atoms with van der Waals surface area (Å²) in [7, 11) is 0. The van der Waals surface area contributed by atoms with Crippen LogP contribution in [0.4, 0.5) is 11.4 Å². The molecule has 2 nitrogen and oxygen atoms in total. The fraction of sp³-hybridized carbons (Fsp3) is 0.143. The van der Waals surface area contributed by atoms with Crippen LogP contribution in [-0.4, -0.2) is 6.54 Å². The molecular formula is C14H14ClIN2. The molecule has 94 valence electrons. The molecule has 4 heteroatoms. The van der Waals surface area contributed by atoms with Crippen LogP contribution < -0.4 is 11.1 Å². The van der Waals surface area contributed by atoms with Crippen LogP contribution in [0.1, 0.15) is 5.56 Å². The van der Waals surface area contributed by atoms with Crippen molar-refractivity contribution in [2.75, 3.05) is 17.6 Å². The van der Waals surface area contributed by atoms with Crippen LogP contribution in [0.3, 0.4) is 0 Å². The SMILES string of the molecule is Nc1cc(I)ccc1NCCc1ccc(Cl)cc1. The number of anilines is 2. The average molecular weight is 373 g/mol. The van der Waals surface area contributed by atoms with Crippen molar-refractivity contribution in [2.24, 2.45) is 0 Å². The normalized spacial score (nSPS) is 10.3. The molecule has 0 saturated carbocycles. The molecule has 0 aliphatic heterocycles. The van der Waals surface area contributed by atoms with E-state index in [1.54, 1.807) is 0 Å². The lowest BCUT2D eigenvalue weighted by molar-refractivity contribution is 1.02. The Morgan fingerprint density at radius 2 is 1.83 bits per heavy atom. The summed E-state index contributed by atoms with van der Waals surface area (Å²) in [5.41, 5.74) is 8.98. The van der Waals surface area contributed by atoms with Crippen LogP contribution in [0.25, 0.3) is 0 Å². The highest BCUT2D eigenvalue weighted by atomic mass is 127. The van der Waals surface area contributed by atoms with E-state index in [0.29, 0.717) is 0 Å². The number of rotatable bonds is 4. The van der Waals surface area contributed by atoms with Gasteiger partial charge >= 0.3 is 0 Å². The molecule has 0 saturated heterocycles. The first kappa shape index (κ1) is 13.5. The highest BCUT2D eigenvalue weighted by molar-refractivity contribution is 14.1. The maximum Gasteiger partial charge on any atom is 0.0574 e. The van der Waals surface area contributed by atoms with Crippen molar-refractivity contribution in [2.45, 2.75) is 6.42 Å². The molecule has 18 heavy (non-hydrogen) atoms. The highest BCUT2D eigenvalue weighted by Gasteiger charge is 1.99. The van der Waals surface area contributed by atoms with E-state index >= 15 is 0 Å². The van der Waals surface area contributed by atoms with E-state index in [9.17, 15) is 0 Å². The number of nitrogens with two attached hydrogens (primary N) is 1. The Morgan fingerprint density at radius 1 is 1.11 bits per heavy atom. The third kappa shape index (κ3) is 3.78. The molecule has 0 unspecified atom stereocenters. The van der Waals surface area contributed by atoms with Crippen LogP contribution >= 0.6 is 34.2 Å². The summed E-state index contributed by atoms with van der Waals surface area (Å²) in [6.07, 6.45) is 0.947. The van der Waals surface area contributed by atoms with Gasteiger partial charge in [-0.1, -0.05) is 23.7 Å². The second kappa shape index (κ2) is 6.29. The lowest BCUT2D eigenvalue weighted by Crippen LogP contribution is -2.06. The zero-order valence-electron chi connectivity index (χ0n) is 9.79. The van der Waals surface area contributed by atoms with Gasteiger partial charge in [0.1, 0.15) is 0 Å². The number of halogens is 2. The number of hydrogen-bond donors (Lipinski definition) is 2. The average Bonchev–Trinajstić information content (AvgIpc) is 2.34. The molecule has 0 aliphatic rings. The standard InChI is InChI=1S/C14H14ClIN2/c15-11-3-1-10(2-4-11)7-8-18-14-6-5-12(16)9-13(14)17/h1-6,9,18H,7-8,17H2. The van der Waals surface area contributed by atoms with E-state index < -0.39 is 0 Å². The van der Waals surface area contributed by atoms with Crippen LogP contribution in [0, 0.1) is 3.57 Å². The van der Waals surface area contributed by atoms with Gasteiger partial charge in [-0.2, -0.15) is 0 Å². The van der Waals surface area contributed by atoms with Gasteiger partial charge in [0.15, 0.2) is 0 Å². The third-order valence-electron chi connectivity index (χ3n) is 2.66. The van der Waals surface area contributed by atoms with Gasteiger partial charge in [-0.3, -0.25) is 0 Å². The van der Waals surface area contributed by atoms with Crippen molar-refractivity contribution in [3.8, 4) is 0 Å². The molecular weight excluding hydrogens is 359 g/mol. The summed E-state index contributed by atoms with van der Waals surface area (Å²) in [4.78, 5) is 0. The first-order valence-electron chi connectivity index (χ1n) is 5.68. The van der Waals surface area contributed by atoms with E-state index in [0.717, 1.165) is 32.9 Å². The summed E-state index contributed by atoms with van der Waals surface area (Å²) in [6, 6.07) is 13.9. The molecule has 2 aromatic carbocycles. The van der Waals surface area contributed by atoms with E-state index in [4.69, 9.17) is 17.3 Å². The molecule has 0 aromatic heterocycles. The van der Waals surface area contributed by atoms with Gasteiger partial charge in [-0.25, -0.2) is 0 Å². The van der Waals surface area contributed by atoms with Crippen LogP contribution in [-0.2, 0) is 6.42 Å². The molecule has 0 bridgehead atoms. The van der Waals surface area contributed by atoms with Gasteiger partial charge in [0.2, 0.25) is 0 Å². The Labute approximate surface area is 126 Å². The second-order valence-corrected chi connectivity index (χ2v) is 5.72. The van der Waals surface area contributed by atoms with Crippen LogP contribution in [0.15, 0.2) is 42.5 Å². The Kier molecular flexibility index (Phi) is 4.72. The molecule has 0 fully saturated rings. The maximum absolute atomic E-state index is 5.94. The van der Waals surface area contributed by atoms with E-state index in [-0.39, 0.29) is 0 Å². The second-order valence-electron chi connectivity index (χ2n) is 4.03. The molecule has 0 spiro atoms. The molecule has 2 aromatic rings. The number of nitrogens with one attached hydrogen (secondary N) is 1. The summed E-state index contributed by atoms with van der Waals surface area (Å²) >= 11 is 8.10. The van der Waals surface area contributed by atoms with Crippen molar-refractivity contribution in [1.82, 2.24) is 0 Å². The molecule has 3 N–H and O–H groups in total. The molecule has 0 heterocycles. The number of benzene rings is 2. The lowest BCUT2D eigenvalue weighted by atomic mass is 10.1. The van der Waals surface area contributed by atoms with Gasteiger partial charge in [0.05, 0.1) is 11.4 Å². The summed E-state index contributed by atoms with van der Waals surface area (Å²) in [5, 5.41) is 4.11. The molecule has 0 atom stereocenters. The fourth-order valence-corrected chi connectivity index (χ4v) is 2.33. The van der Waals surface area contributed by atoms with Gasteiger partial charge in [0, 0.05) is 15.1 Å². The summed E-state index contributed by atoms with van der Waals surface area (Å²) < 4.78 is 1.15. The Hall–Kier alpha value is -0.940. The summed E-state index contributed by atoms with van der Waals surface area (Å²) in [6.45, 7) is 0.854. The maximum atomic E-state index is 5.94. The van der Waals surface area contributed by atoms with E-state index in [1.165, 1.54) is 5.56 Å². The minimum atomic E-state index is 0.772. The van der Waals surface area contributed by atoms with Gasteiger partial charge < -0.3 is 11.1 Å². The largest absolute Gasteiger partial charge is 0.397 e. The first-order valence-corrected chi connectivity index (χ1v) is 7.14. The lowest BCUT2D eigenvalue weighted by Gasteiger charge is -2.09. The topological polar surface area (TPSA) is 38.0 Å². The van der Waals surface area contributed by atoms with Gasteiger partial charge in [-0.05, 0) is 64.9 Å². The molecule has 0 aliphatic carbocycles. The quantitative estimate of drug-likeness (QED) is 0.624. The number of hydrogen-bond acceptors (Lipinski definition) is 2. The predicted molar refractivity (Wildman–Crippen MR) is 87.2 cm³/mol. The number of nitrogen functional groups attached to an aromatic ring is 1. The zero-order chi connectivity index (χ0) is 13.0. The van der Waals surface area contributed by atoms with Crippen LogP contribution in [0.2, 0.25) is 5.02 Å². The van der Waals surface area contributed by atoms with Crippen molar-refractivity contribution >= 4 is 45.6 Å². The zero-order valence-corrected chi connectivity index (χ0v) is 12.7. The van der Waals surface area contributed by atoms with Crippen molar-refractivity contribution in [3.63, 3.8) is 0 Å². The third-order valence-corrected chi connectivity index (χ3v) is 3.58. The molecule has 0 radical (unpaired) electrons. The van der Waals surface area contributed by atoms with Crippen LogP contribution in [0.5, 0.6) is 0 Å². The van der Waals surface area contributed by atoms with Crippen molar-refractivity contribution < 1.29 is 0 Å². The predicted octanol–water partition coefficient (Wildman–Crippen LogP) is 4.18. The Balaban J connectivity index is 1.90. The fourth-order valence-electron chi connectivity index (χ4n) is 1.69. The highest BCUT2D eigenvalue weighted by Crippen LogP contribution is 2.20. The summed E-state index contributed by atoms with van der Waals surface area (Å²) in [5.74, 6) is 0. The van der Waals surface area contributed by atoms with Crippen molar-refractivity contribution in [1.29, 1.82) is 0 Å². The van der Waals surface area contributed by atoms with E-state index in [2.05, 4.69) is 27.9 Å². The smallest absolute Gasteiger partial charge is 0.0574 e.